The molecule has 1 amide bonds. The minimum Gasteiger partial charge on any atom is -0.444 e. The van der Waals surface area contributed by atoms with E-state index >= 15 is 0 Å². The van der Waals surface area contributed by atoms with Gasteiger partial charge in [0.25, 0.3) is 0 Å². The number of likely N-dealkylation sites (tertiary alicyclic amines) is 1. The van der Waals surface area contributed by atoms with Crippen LogP contribution >= 0.6 is 0 Å². The van der Waals surface area contributed by atoms with Gasteiger partial charge < -0.3 is 14.7 Å². The fraction of sp³-hybridized carbons (Fsp3) is 0.385. The Balaban J connectivity index is 1.38. The second kappa shape index (κ2) is 8.67. The van der Waals surface area contributed by atoms with Crippen molar-refractivity contribution in [2.45, 2.75) is 45.3 Å². The van der Waals surface area contributed by atoms with Gasteiger partial charge in [0.05, 0.1) is 18.2 Å². The van der Waals surface area contributed by atoms with Crippen molar-refractivity contribution in [3.63, 3.8) is 0 Å². The molecule has 1 aliphatic heterocycles. The number of carbonyl (C=O) groups is 1. The van der Waals surface area contributed by atoms with Gasteiger partial charge in [-0.25, -0.2) is 4.79 Å². The highest BCUT2D eigenvalue weighted by Crippen LogP contribution is 2.26. The quantitative estimate of drug-likeness (QED) is 0.646. The number of piperidine rings is 1. The summed E-state index contributed by atoms with van der Waals surface area (Å²) in [5, 5.41) is 11.8. The SMILES string of the molecule is CC(C)(C)OC(=O)N1CC[C@@H](Cc2ccc(-c3cnc4ccccc4c3)cc2)[C@H](O)C1. The molecule has 5 nitrogen and oxygen atoms in total. The third-order valence-corrected chi connectivity index (χ3v) is 5.75. The zero-order valence-corrected chi connectivity index (χ0v) is 18.4. The van der Waals surface area contributed by atoms with Gasteiger partial charge in [0.2, 0.25) is 0 Å². The Morgan fingerprint density at radius 1 is 1.13 bits per heavy atom. The summed E-state index contributed by atoms with van der Waals surface area (Å²) in [6, 6.07) is 18.7. The molecule has 0 radical (unpaired) electrons. The number of hydrogen-bond donors (Lipinski definition) is 1. The van der Waals surface area contributed by atoms with Crippen LogP contribution in [0.2, 0.25) is 0 Å². The summed E-state index contributed by atoms with van der Waals surface area (Å²) in [5.41, 5.74) is 3.88. The number of ether oxygens (including phenoxy) is 1. The third kappa shape index (κ3) is 5.23. The van der Waals surface area contributed by atoms with E-state index in [4.69, 9.17) is 4.74 Å². The first kappa shape index (κ1) is 21.3. The number of rotatable bonds is 3. The van der Waals surface area contributed by atoms with E-state index in [1.165, 1.54) is 5.56 Å². The molecular formula is C26H30N2O3. The van der Waals surface area contributed by atoms with E-state index in [0.29, 0.717) is 13.1 Å². The molecule has 0 spiro atoms. The molecule has 1 fully saturated rings. The van der Waals surface area contributed by atoms with Crippen LogP contribution in [0.4, 0.5) is 4.79 Å². The Bertz CT molecular complexity index is 1060. The van der Waals surface area contributed by atoms with E-state index in [1.54, 1.807) is 4.90 Å². The second-order valence-electron chi connectivity index (χ2n) is 9.36. The molecule has 1 saturated heterocycles. The van der Waals surface area contributed by atoms with Gasteiger partial charge in [0.1, 0.15) is 5.60 Å². The van der Waals surface area contributed by atoms with Crippen molar-refractivity contribution in [1.82, 2.24) is 9.88 Å². The fourth-order valence-electron chi connectivity index (χ4n) is 4.08. The van der Waals surface area contributed by atoms with Gasteiger partial charge in [-0.15, -0.1) is 0 Å². The lowest BCUT2D eigenvalue weighted by atomic mass is 9.87. The van der Waals surface area contributed by atoms with Crippen molar-refractivity contribution >= 4 is 17.0 Å². The van der Waals surface area contributed by atoms with Crippen LogP contribution in [0.5, 0.6) is 0 Å². The van der Waals surface area contributed by atoms with Crippen LogP contribution in [0.1, 0.15) is 32.8 Å². The van der Waals surface area contributed by atoms with Crippen molar-refractivity contribution in [1.29, 1.82) is 0 Å². The highest BCUT2D eigenvalue weighted by atomic mass is 16.6. The van der Waals surface area contributed by atoms with Gasteiger partial charge in [-0.05, 0) is 62.8 Å². The number of pyridine rings is 1. The predicted octanol–water partition coefficient (Wildman–Crippen LogP) is 5.06. The lowest BCUT2D eigenvalue weighted by molar-refractivity contribution is -0.0125. The summed E-state index contributed by atoms with van der Waals surface area (Å²) in [7, 11) is 0. The summed E-state index contributed by atoms with van der Waals surface area (Å²) in [5.74, 6) is 0.131. The zero-order valence-electron chi connectivity index (χ0n) is 18.4. The van der Waals surface area contributed by atoms with Gasteiger partial charge in [-0.1, -0.05) is 42.5 Å². The molecular weight excluding hydrogens is 388 g/mol. The van der Waals surface area contributed by atoms with Gasteiger partial charge >= 0.3 is 6.09 Å². The number of aromatic nitrogens is 1. The van der Waals surface area contributed by atoms with Crippen LogP contribution in [-0.2, 0) is 11.2 Å². The molecule has 1 N–H and O–H groups in total. The van der Waals surface area contributed by atoms with Crippen molar-refractivity contribution in [3.8, 4) is 11.1 Å². The van der Waals surface area contributed by atoms with E-state index in [2.05, 4.69) is 41.4 Å². The highest BCUT2D eigenvalue weighted by molar-refractivity contribution is 5.83. The average Bonchev–Trinajstić information content (AvgIpc) is 2.74. The molecule has 1 aliphatic rings. The summed E-state index contributed by atoms with van der Waals surface area (Å²) in [6.07, 6.45) is 2.56. The third-order valence-electron chi connectivity index (χ3n) is 5.75. The molecule has 0 unspecified atom stereocenters. The maximum atomic E-state index is 12.3. The number of aliphatic hydroxyl groups is 1. The molecule has 0 saturated carbocycles. The lowest BCUT2D eigenvalue weighted by Crippen LogP contribution is -2.48. The zero-order chi connectivity index (χ0) is 22.0. The summed E-state index contributed by atoms with van der Waals surface area (Å²) >= 11 is 0. The molecule has 5 heteroatoms. The molecule has 2 aromatic carbocycles. The van der Waals surface area contributed by atoms with Crippen molar-refractivity contribution in [2.75, 3.05) is 13.1 Å². The standard InChI is InChI=1S/C26H30N2O3/c1-26(2,3)31-25(30)28-13-12-21(24(29)17-28)14-18-8-10-19(11-9-18)22-15-20-6-4-5-7-23(20)27-16-22/h4-11,15-16,21,24,29H,12-14,17H2,1-3H3/t21-,24+/m0/s1. The molecule has 0 aliphatic carbocycles. The number of benzene rings is 2. The number of amides is 1. The lowest BCUT2D eigenvalue weighted by Gasteiger charge is -2.36. The van der Waals surface area contributed by atoms with Crippen LogP contribution in [0, 0.1) is 5.92 Å². The Kier molecular flexibility index (Phi) is 5.96. The minimum atomic E-state index is -0.550. The largest absolute Gasteiger partial charge is 0.444 e. The first-order chi connectivity index (χ1) is 14.8. The van der Waals surface area contributed by atoms with Crippen LogP contribution in [0.3, 0.4) is 0 Å². The van der Waals surface area contributed by atoms with Gasteiger partial charge in [-0.3, -0.25) is 4.98 Å². The number of hydrogen-bond acceptors (Lipinski definition) is 4. The van der Waals surface area contributed by atoms with Crippen LogP contribution in [0.15, 0.2) is 60.8 Å². The second-order valence-corrected chi connectivity index (χ2v) is 9.36. The van der Waals surface area contributed by atoms with Crippen molar-refractivity contribution in [3.05, 3.63) is 66.4 Å². The van der Waals surface area contributed by atoms with Gasteiger partial charge in [-0.2, -0.15) is 0 Å². The molecule has 2 atom stereocenters. The molecule has 1 aromatic heterocycles. The highest BCUT2D eigenvalue weighted by Gasteiger charge is 2.32. The van der Waals surface area contributed by atoms with Crippen LogP contribution < -0.4 is 0 Å². The number of para-hydroxylation sites is 1. The topological polar surface area (TPSA) is 62.7 Å². The molecule has 4 rings (SSSR count). The summed E-state index contributed by atoms with van der Waals surface area (Å²) in [6.45, 7) is 6.49. The van der Waals surface area contributed by atoms with Gasteiger partial charge in [0, 0.05) is 23.7 Å². The van der Waals surface area contributed by atoms with E-state index in [1.807, 2.05) is 45.2 Å². The van der Waals surface area contributed by atoms with E-state index in [9.17, 15) is 9.90 Å². The Labute approximate surface area is 183 Å². The number of nitrogens with zero attached hydrogens (tertiary/aromatic N) is 2. The Hall–Kier alpha value is -2.92. The molecule has 3 aromatic rings. The monoisotopic (exact) mass is 418 g/mol. The number of carbonyl (C=O) groups excluding carboxylic acids is 1. The first-order valence-corrected chi connectivity index (χ1v) is 10.9. The van der Waals surface area contributed by atoms with Gasteiger partial charge in [0.15, 0.2) is 0 Å². The smallest absolute Gasteiger partial charge is 0.410 e. The van der Waals surface area contributed by atoms with Crippen molar-refractivity contribution < 1.29 is 14.6 Å². The van der Waals surface area contributed by atoms with Crippen LogP contribution in [0.25, 0.3) is 22.0 Å². The molecule has 2 heterocycles. The average molecular weight is 419 g/mol. The Morgan fingerprint density at radius 3 is 2.58 bits per heavy atom. The Morgan fingerprint density at radius 2 is 1.87 bits per heavy atom. The number of aliphatic hydroxyl groups excluding tert-OH is 1. The summed E-state index contributed by atoms with van der Waals surface area (Å²) in [4.78, 5) is 18.4. The van der Waals surface area contributed by atoms with E-state index in [-0.39, 0.29) is 12.0 Å². The maximum Gasteiger partial charge on any atom is 0.410 e. The predicted molar refractivity (Wildman–Crippen MR) is 123 cm³/mol. The molecule has 0 bridgehead atoms. The molecule has 31 heavy (non-hydrogen) atoms. The van der Waals surface area contributed by atoms with E-state index < -0.39 is 11.7 Å². The number of β-amino-alcohol motifs (C(OH)–C–C–N with tert-alkyl or cyclic N) is 1. The summed E-state index contributed by atoms with van der Waals surface area (Å²) < 4.78 is 5.43. The maximum absolute atomic E-state index is 12.3. The fourth-order valence-corrected chi connectivity index (χ4v) is 4.08. The van der Waals surface area contributed by atoms with E-state index in [0.717, 1.165) is 34.9 Å². The first-order valence-electron chi connectivity index (χ1n) is 10.9. The number of fused-ring (bicyclic) bond motifs is 1. The van der Waals surface area contributed by atoms with Crippen molar-refractivity contribution in [2.24, 2.45) is 5.92 Å². The molecule has 162 valence electrons. The normalized spacial score (nSPS) is 19.4. The minimum absolute atomic E-state index is 0.131. The van der Waals surface area contributed by atoms with Crippen LogP contribution in [-0.4, -0.2) is 45.9 Å².